The van der Waals surface area contributed by atoms with Crippen LogP contribution in [0.2, 0.25) is 0 Å². The molecule has 19 heteroatoms. The fourth-order valence-electron chi connectivity index (χ4n) is 3.99. The number of aliphatic carboxylic acids is 2. The second kappa shape index (κ2) is 24.9. The average Bonchev–Trinajstić information content (AvgIpc) is 3.08. The van der Waals surface area contributed by atoms with Gasteiger partial charge in [-0.1, -0.05) is 13.8 Å². The van der Waals surface area contributed by atoms with Crippen molar-refractivity contribution in [2.45, 2.75) is 31.6 Å². The molecule has 0 aliphatic rings. The molecule has 0 bridgehead atoms. The van der Waals surface area contributed by atoms with Crippen LogP contribution in [0.5, 0.6) is 5.75 Å². The molecule has 0 spiro atoms. The summed E-state index contributed by atoms with van der Waals surface area (Å²) in [7, 11) is -0.657. The molecule has 0 fully saturated rings. The van der Waals surface area contributed by atoms with Gasteiger partial charge >= 0.3 is 11.9 Å². The lowest BCUT2D eigenvalue weighted by atomic mass is 9.90. The molecule has 0 saturated carbocycles. The van der Waals surface area contributed by atoms with E-state index < -0.39 is 24.9 Å². The SMILES string of the molecule is CP(CC(C)(C)CCC(=O)O)SOc1ccc(SNc2ccc(C(=O)NCCOCCOCC(=O)NCCOCCOCC(=O)O)cn2)cc1F. The van der Waals surface area contributed by atoms with Crippen molar-refractivity contribution in [2.75, 3.05) is 83.5 Å². The standard InChI is InChI=1S/C32H46FN4O11PS2/c1-32(2,9-8-29(39)40)22-49(3)51-48-26-6-5-24(18-25(26)33)50-37-27-7-4-23(19-36-27)31(43)35-11-13-45-14-16-46-20-28(38)34-10-12-44-15-17-47-21-30(41)42/h4-7,18-19H,8-17,20-22H2,1-3H3,(H,34,38)(H,35,43)(H,36,37)(H,39,40)(H,41,42). The molecule has 51 heavy (non-hydrogen) atoms. The Morgan fingerprint density at radius 3 is 2.18 bits per heavy atom. The molecule has 1 unspecified atom stereocenters. The molecular formula is C32H46FN4O11PS2. The first-order chi connectivity index (χ1) is 24.3. The molecule has 0 aliphatic heterocycles. The Balaban J connectivity index is 1.55. The van der Waals surface area contributed by atoms with Gasteiger partial charge in [0.15, 0.2) is 11.6 Å². The summed E-state index contributed by atoms with van der Waals surface area (Å²) in [6.07, 6.45) is 2.87. The number of benzene rings is 1. The number of anilines is 1. The molecule has 1 aromatic carbocycles. The summed E-state index contributed by atoms with van der Waals surface area (Å²) < 4.78 is 44.0. The quantitative estimate of drug-likeness (QED) is 0.0354. The molecule has 1 atom stereocenters. The van der Waals surface area contributed by atoms with E-state index in [-0.39, 0.29) is 95.3 Å². The minimum atomic E-state index is -1.05. The first-order valence-electron chi connectivity index (χ1n) is 15.9. The number of aromatic nitrogens is 1. The zero-order valence-corrected chi connectivity index (χ0v) is 31.3. The van der Waals surface area contributed by atoms with Crippen molar-refractivity contribution in [3.05, 3.63) is 47.9 Å². The van der Waals surface area contributed by atoms with Gasteiger partial charge in [-0.15, -0.1) is 0 Å². The fourth-order valence-corrected chi connectivity index (χ4v) is 8.22. The largest absolute Gasteiger partial charge is 0.481 e. The monoisotopic (exact) mass is 776 g/mol. The highest BCUT2D eigenvalue weighted by Gasteiger charge is 2.23. The predicted octanol–water partition coefficient (Wildman–Crippen LogP) is 4.28. The number of ether oxygens (including phenoxy) is 4. The van der Waals surface area contributed by atoms with Gasteiger partial charge in [-0.2, -0.15) is 0 Å². The van der Waals surface area contributed by atoms with Crippen molar-refractivity contribution in [2.24, 2.45) is 5.41 Å². The average molecular weight is 777 g/mol. The van der Waals surface area contributed by atoms with Crippen LogP contribution >= 0.6 is 30.7 Å². The van der Waals surface area contributed by atoms with E-state index in [1.807, 2.05) is 20.5 Å². The topological polar surface area (TPSA) is 204 Å². The molecule has 1 aromatic heterocycles. The Labute approximate surface area is 306 Å². The molecule has 1 heterocycles. The molecular weight excluding hydrogens is 730 g/mol. The lowest BCUT2D eigenvalue weighted by molar-refractivity contribution is -0.143. The van der Waals surface area contributed by atoms with Gasteiger partial charge in [-0.25, -0.2) is 14.2 Å². The smallest absolute Gasteiger partial charge is 0.329 e. The summed E-state index contributed by atoms with van der Waals surface area (Å²) in [6.45, 7) is 7.36. The minimum absolute atomic E-state index is 0.110. The van der Waals surface area contributed by atoms with Crippen LogP contribution in [-0.2, 0) is 33.3 Å². The van der Waals surface area contributed by atoms with E-state index in [1.165, 1.54) is 23.9 Å². The van der Waals surface area contributed by atoms with Crippen LogP contribution < -0.4 is 19.5 Å². The zero-order chi connectivity index (χ0) is 37.5. The highest BCUT2D eigenvalue weighted by molar-refractivity contribution is 8.53. The van der Waals surface area contributed by atoms with Gasteiger partial charge in [-0.05, 0) is 74.1 Å². The fraction of sp³-hybridized carbons (Fsp3) is 0.531. The van der Waals surface area contributed by atoms with E-state index in [9.17, 15) is 23.6 Å². The highest BCUT2D eigenvalue weighted by Crippen LogP contribution is 2.52. The number of carbonyl (C=O) groups excluding carboxylic acids is 2. The summed E-state index contributed by atoms with van der Waals surface area (Å²) in [5.74, 6) is -2.43. The maximum Gasteiger partial charge on any atom is 0.329 e. The van der Waals surface area contributed by atoms with Crippen LogP contribution in [-0.4, -0.2) is 118 Å². The van der Waals surface area contributed by atoms with Gasteiger partial charge in [0.05, 0.1) is 56.9 Å². The number of hydrogen-bond acceptors (Lipinski definition) is 13. The van der Waals surface area contributed by atoms with Crippen molar-refractivity contribution in [1.82, 2.24) is 15.6 Å². The summed E-state index contributed by atoms with van der Waals surface area (Å²) in [6, 6.07) is 7.85. The van der Waals surface area contributed by atoms with Gasteiger partial charge in [0.25, 0.3) is 5.91 Å². The third-order valence-electron chi connectivity index (χ3n) is 6.43. The van der Waals surface area contributed by atoms with E-state index in [4.69, 9.17) is 33.3 Å². The zero-order valence-electron chi connectivity index (χ0n) is 28.8. The number of nitrogens with one attached hydrogen (secondary N) is 3. The maximum atomic E-state index is 14.7. The second-order valence-corrected chi connectivity index (χ2v) is 16.6. The van der Waals surface area contributed by atoms with Crippen molar-refractivity contribution in [1.29, 1.82) is 0 Å². The molecule has 2 rings (SSSR count). The van der Waals surface area contributed by atoms with Crippen LogP contribution in [0.1, 0.15) is 37.0 Å². The molecule has 0 aliphatic carbocycles. The van der Waals surface area contributed by atoms with Crippen LogP contribution in [0.25, 0.3) is 0 Å². The molecule has 2 amide bonds. The van der Waals surface area contributed by atoms with Crippen molar-refractivity contribution in [3.8, 4) is 5.75 Å². The molecule has 284 valence electrons. The predicted molar refractivity (Wildman–Crippen MR) is 193 cm³/mol. The number of carboxylic acids is 2. The van der Waals surface area contributed by atoms with Gasteiger partial charge in [0, 0.05) is 30.6 Å². The number of halogens is 1. The number of hydrogen-bond donors (Lipinski definition) is 5. The van der Waals surface area contributed by atoms with E-state index in [1.54, 1.807) is 24.3 Å². The summed E-state index contributed by atoms with van der Waals surface area (Å²) in [4.78, 5) is 50.2. The Morgan fingerprint density at radius 1 is 0.882 bits per heavy atom. The summed E-state index contributed by atoms with van der Waals surface area (Å²) in [5, 5.41) is 22.7. The molecule has 2 aromatic rings. The Morgan fingerprint density at radius 2 is 1.55 bits per heavy atom. The third-order valence-corrected chi connectivity index (χ3v) is 10.4. The van der Waals surface area contributed by atoms with E-state index in [2.05, 4.69) is 20.3 Å². The van der Waals surface area contributed by atoms with Crippen LogP contribution in [0, 0.1) is 11.2 Å². The van der Waals surface area contributed by atoms with E-state index >= 15 is 0 Å². The summed E-state index contributed by atoms with van der Waals surface area (Å²) in [5.41, 5.74) is 0.195. The summed E-state index contributed by atoms with van der Waals surface area (Å²) >= 11 is 2.37. The molecule has 15 nitrogen and oxygen atoms in total. The van der Waals surface area contributed by atoms with Crippen LogP contribution in [0.15, 0.2) is 41.4 Å². The molecule has 5 N–H and O–H groups in total. The molecule has 0 radical (unpaired) electrons. The first kappa shape index (κ1) is 43.9. The number of rotatable bonds is 28. The number of nitrogens with zero attached hydrogens (tertiary/aromatic N) is 1. The molecule has 0 saturated heterocycles. The normalized spacial score (nSPS) is 11.8. The maximum absolute atomic E-state index is 14.7. The van der Waals surface area contributed by atoms with Crippen LogP contribution in [0.3, 0.4) is 0 Å². The van der Waals surface area contributed by atoms with E-state index in [0.717, 1.165) is 18.1 Å². The lowest BCUT2D eigenvalue weighted by Crippen LogP contribution is -2.31. The number of carboxylic acid groups (broad SMARTS) is 2. The highest BCUT2D eigenvalue weighted by atomic mass is 32.7. The van der Waals surface area contributed by atoms with Gasteiger partial charge < -0.3 is 48.7 Å². The van der Waals surface area contributed by atoms with Gasteiger partial charge in [0.1, 0.15) is 19.0 Å². The Bertz CT molecular complexity index is 1380. The first-order valence-corrected chi connectivity index (χ1v) is 20.0. The van der Waals surface area contributed by atoms with Crippen molar-refractivity contribution >= 4 is 60.3 Å². The second-order valence-electron chi connectivity index (χ2n) is 11.6. The van der Waals surface area contributed by atoms with Crippen LogP contribution in [0.4, 0.5) is 10.2 Å². The third kappa shape index (κ3) is 21.0. The Hall–Kier alpha value is -3.25. The van der Waals surface area contributed by atoms with Gasteiger partial charge in [-0.3, -0.25) is 14.4 Å². The van der Waals surface area contributed by atoms with Crippen molar-refractivity contribution < 1.29 is 56.9 Å². The lowest BCUT2D eigenvalue weighted by Gasteiger charge is -2.26. The number of carbonyl (C=O) groups is 4. The number of pyridine rings is 1. The van der Waals surface area contributed by atoms with E-state index in [0.29, 0.717) is 22.7 Å². The Kier molecular flexibility index (Phi) is 21.4. The number of amides is 2. The van der Waals surface area contributed by atoms with Gasteiger partial charge in [0.2, 0.25) is 5.91 Å². The van der Waals surface area contributed by atoms with Crippen molar-refractivity contribution in [3.63, 3.8) is 0 Å². The minimum Gasteiger partial charge on any atom is -0.481 e.